The Hall–Kier alpha value is -2.70. The second-order valence-corrected chi connectivity index (χ2v) is 5.91. The zero-order valence-corrected chi connectivity index (χ0v) is 15.0. The molecular formula is C20H25N3O3. The van der Waals surface area contributed by atoms with Gasteiger partial charge >= 0.3 is 6.03 Å². The van der Waals surface area contributed by atoms with Crippen LogP contribution in [-0.2, 0) is 11.3 Å². The largest absolute Gasteiger partial charge is 0.378 e. The van der Waals surface area contributed by atoms with Crippen LogP contribution in [0.5, 0.6) is 0 Å². The highest BCUT2D eigenvalue weighted by molar-refractivity contribution is 6.04. The van der Waals surface area contributed by atoms with Crippen LogP contribution in [0.15, 0.2) is 60.7 Å². The molecule has 0 radical (unpaired) electrons. The minimum Gasteiger partial charge on any atom is -0.378 e. The molecule has 138 valence electrons. The quantitative estimate of drug-likeness (QED) is 0.677. The molecule has 0 unspecified atom stereocenters. The predicted octanol–water partition coefficient (Wildman–Crippen LogP) is 2.27. The highest BCUT2D eigenvalue weighted by Gasteiger charge is 2.08. The second-order valence-electron chi connectivity index (χ2n) is 5.91. The second kappa shape index (κ2) is 11.0. The fourth-order valence-electron chi connectivity index (χ4n) is 2.34. The van der Waals surface area contributed by atoms with Gasteiger partial charge in [-0.1, -0.05) is 48.5 Å². The van der Waals surface area contributed by atoms with Gasteiger partial charge in [0.25, 0.3) is 5.91 Å². The predicted molar refractivity (Wildman–Crippen MR) is 101 cm³/mol. The van der Waals surface area contributed by atoms with E-state index in [1.165, 1.54) is 5.56 Å². The molecule has 0 aliphatic carbocycles. The lowest BCUT2D eigenvalue weighted by atomic mass is 10.2. The normalized spacial score (nSPS) is 10.5. The van der Waals surface area contributed by atoms with Gasteiger partial charge < -0.3 is 10.1 Å². The lowest BCUT2D eigenvalue weighted by molar-refractivity contribution is 0.0958. The van der Waals surface area contributed by atoms with Crippen LogP contribution < -0.4 is 10.6 Å². The highest BCUT2D eigenvalue weighted by atomic mass is 16.5. The van der Waals surface area contributed by atoms with Crippen LogP contribution in [0.4, 0.5) is 4.79 Å². The van der Waals surface area contributed by atoms with E-state index in [2.05, 4.69) is 27.7 Å². The van der Waals surface area contributed by atoms with Crippen molar-refractivity contribution in [3.63, 3.8) is 0 Å². The van der Waals surface area contributed by atoms with E-state index in [-0.39, 0.29) is 0 Å². The van der Waals surface area contributed by atoms with Crippen LogP contribution in [0.3, 0.4) is 0 Å². The van der Waals surface area contributed by atoms with Crippen molar-refractivity contribution < 1.29 is 14.3 Å². The van der Waals surface area contributed by atoms with Crippen molar-refractivity contribution in [2.24, 2.45) is 0 Å². The number of rotatable bonds is 9. The summed E-state index contributed by atoms with van der Waals surface area (Å²) >= 11 is 0. The Balaban J connectivity index is 1.52. The van der Waals surface area contributed by atoms with Crippen molar-refractivity contribution in [2.75, 3.05) is 33.4 Å². The maximum atomic E-state index is 11.8. The molecule has 0 fully saturated rings. The van der Waals surface area contributed by atoms with E-state index in [9.17, 15) is 9.59 Å². The van der Waals surface area contributed by atoms with Crippen LogP contribution in [0.1, 0.15) is 15.9 Å². The van der Waals surface area contributed by atoms with Gasteiger partial charge in [-0.05, 0) is 24.7 Å². The summed E-state index contributed by atoms with van der Waals surface area (Å²) in [4.78, 5) is 25.6. The number of hydrogen-bond acceptors (Lipinski definition) is 4. The molecule has 6 nitrogen and oxygen atoms in total. The molecule has 0 aliphatic heterocycles. The first-order valence-electron chi connectivity index (χ1n) is 8.59. The number of hydrogen-bond donors (Lipinski definition) is 2. The van der Waals surface area contributed by atoms with E-state index in [1.54, 1.807) is 24.3 Å². The first kappa shape index (κ1) is 19.6. The maximum absolute atomic E-state index is 11.8. The third kappa shape index (κ3) is 7.46. The maximum Gasteiger partial charge on any atom is 0.321 e. The third-order valence-corrected chi connectivity index (χ3v) is 3.71. The Morgan fingerprint density at radius 1 is 0.962 bits per heavy atom. The van der Waals surface area contributed by atoms with E-state index >= 15 is 0 Å². The number of nitrogens with zero attached hydrogens (tertiary/aromatic N) is 1. The number of nitrogens with one attached hydrogen (secondary N) is 2. The molecule has 26 heavy (non-hydrogen) atoms. The van der Waals surface area contributed by atoms with Crippen LogP contribution in [-0.4, -0.2) is 50.2 Å². The summed E-state index contributed by atoms with van der Waals surface area (Å²) < 4.78 is 5.51. The van der Waals surface area contributed by atoms with E-state index < -0.39 is 11.9 Å². The van der Waals surface area contributed by atoms with Gasteiger partial charge in [-0.25, -0.2) is 4.79 Å². The number of likely N-dealkylation sites (N-methyl/N-ethyl adjacent to an activating group) is 1. The van der Waals surface area contributed by atoms with Crippen LogP contribution in [0, 0.1) is 0 Å². The first-order chi connectivity index (χ1) is 12.6. The van der Waals surface area contributed by atoms with Crippen LogP contribution in [0.25, 0.3) is 0 Å². The molecule has 6 heteroatoms. The number of amides is 3. The Morgan fingerprint density at radius 2 is 1.62 bits per heavy atom. The number of carbonyl (C=O) groups excluding carboxylic acids is 2. The number of ether oxygens (including phenoxy) is 1. The fraction of sp³-hybridized carbons (Fsp3) is 0.300. The lowest BCUT2D eigenvalue weighted by Crippen LogP contribution is -2.40. The molecule has 0 saturated heterocycles. The van der Waals surface area contributed by atoms with Gasteiger partial charge in [0, 0.05) is 25.2 Å². The SMILES string of the molecule is CN(CCOCCNC(=O)NC(=O)c1ccccc1)Cc1ccccc1. The van der Waals surface area contributed by atoms with Gasteiger partial charge in [0.1, 0.15) is 0 Å². The monoisotopic (exact) mass is 355 g/mol. The molecule has 0 spiro atoms. The molecule has 0 aromatic heterocycles. The summed E-state index contributed by atoms with van der Waals surface area (Å²) in [6.07, 6.45) is 0. The van der Waals surface area contributed by atoms with Gasteiger partial charge in [0.2, 0.25) is 0 Å². The van der Waals surface area contributed by atoms with E-state index in [0.717, 1.165) is 13.1 Å². The summed E-state index contributed by atoms with van der Waals surface area (Å²) in [5.74, 6) is -0.424. The van der Waals surface area contributed by atoms with Crippen molar-refractivity contribution in [1.29, 1.82) is 0 Å². The smallest absolute Gasteiger partial charge is 0.321 e. The zero-order valence-electron chi connectivity index (χ0n) is 15.0. The van der Waals surface area contributed by atoms with Gasteiger partial charge in [-0.2, -0.15) is 0 Å². The Bertz CT molecular complexity index is 677. The van der Waals surface area contributed by atoms with Gasteiger partial charge in [-0.15, -0.1) is 0 Å². The average molecular weight is 355 g/mol. The van der Waals surface area contributed by atoms with Crippen molar-refractivity contribution in [3.05, 3.63) is 71.8 Å². The van der Waals surface area contributed by atoms with Crippen LogP contribution >= 0.6 is 0 Å². The van der Waals surface area contributed by atoms with Gasteiger partial charge in [0.05, 0.1) is 13.2 Å². The Morgan fingerprint density at radius 3 is 2.31 bits per heavy atom. The number of imide groups is 1. The summed E-state index contributed by atoms with van der Waals surface area (Å²) in [5, 5.41) is 4.88. The van der Waals surface area contributed by atoms with Crippen molar-refractivity contribution >= 4 is 11.9 Å². The highest BCUT2D eigenvalue weighted by Crippen LogP contribution is 2.02. The zero-order chi connectivity index (χ0) is 18.6. The molecule has 0 bridgehead atoms. The van der Waals surface area contributed by atoms with Gasteiger partial charge in [-0.3, -0.25) is 15.0 Å². The summed E-state index contributed by atoms with van der Waals surface area (Å²) in [6.45, 7) is 2.98. The molecule has 2 aromatic rings. The molecule has 0 aliphatic rings. The molecule has 2 N–H and O–H groups in total. The van der Waals surface area contributed by atoms with Crippen molar-refractivity contribution in [1.82, 2.24) is 15.5 Å². The van der Waals surface area contributed by atoms with Crippen molar-refractivity contribution in [2.45, 2.75) is 6.54 Å². The Labute approximate surface area is 154 Å². The number of benzene rings is 2. The number of urea groups is 1. The molecule has 2 rings (SSSR count). The minimum absolute atomic E-state index is 0.344. The van der Waals surface area contributed by atoms with E-state index in [4.69, 9.17) is 4.74 Å². The summed E-state index contributed by atoms with van der Waals surface area (Å²) in [5.41, 5.74) is 1.71. The fourth-order valence-corrected chi connectivity index (χ4v) is 2.34. The first-order valence-corrected chi connectivity index (χ1v) is 8.59. The molecule has 0 atom stereocenters. The van der Waals surface area contributed by atoms with Crippen LogP contribution in [0.2, 0.25) is 0 Å². The standard InChI is InChI=1S/C20H25N3O3/c1-23(16-17-8-4-2-5-9-17)13-15-26-14-12-21-20(25)22-19(24)18-10-6-3-7-11-18/h2-11H,12-16H2,1H3,(H2,21,22,24,25). The van der Waals surface area contributed by atoms with E-state index in [0.29, 0.717) is 25.3 Å². The molecule has 2 aromatic carbocycles. The lowest BCUT2D eigenvalue weighted by Gasteiger charge is -2.16. The average Bonchev–Trinajstić information content (AvgIpc) is 2.66. The Kier molecular flexibility index (Phi) is 8.32. The minimum atomic E-state index is -0.524. The molecule has 3 amide bonds. The summed E-state index contributed by atoms with van der Waals surface area (Å²) in [7, 11) is 2.04. The van der Waals surface area contributed by atoms with E-state index in [1.807, 2.05) is 31.3 Å². The van der Waals surface area contributed by atoms with Gasteiger partial charge in [0.15, 0.2) is 0 Å². The number of carbonyl (C=O) groups is 2. The third-order valence-electron chi connectivity index (χ3n) is 3.71. The molecular weight excluding hydrogens is 330 g/mol. The topological polar surface area (TPSA) is 70.7 Å². The molecule has 0 heterocycles. The summed E-state index contributed by atoms with van der Waals surface area (Å²) in [6, 6.07) is 18.3. The molecule has 0 saturated carbocycles. The van der Waals surface area contributed by atoms with Crippen molar-refractivity contribution in [3.8, 4) is 0 Å².